The van der Waals surface area contributed by atoms with Gasteiger partial charge in [0.15, 0.2) is 0 Å². The minimum Gasteiger partial charge on any atom is -0.462 e. The molecule has 1 aliphatic rings. The SMILES string of the molecule is CCCOC(=O)c1ccc(NC(=O)c2cccc(NC3=C(Cl)C(=O)N(c4cc(Cl)ccc4Cl)C3=O)c2)cc1. The van der Waals surface area contributed by atoms with Gasteiger partial charge in [-0.05, 0) is 67.1 Å². The molecule has 0 saturated heterocycles. The van der Waals surface area contributed by atoms with Gasteiger partial charge in [-0.2, -0.15) is 0 Å². The second kappa shape index (κ2) is 11.7. The normalized spacial score (nSPS) is 13.1. The van der Waals surface area contributed by atoms with E-state index >= 15 is 0 Å². The van der Waals surface area contributed by atoms with E-state index in [9.17, 15) is 19.2 Å². The Morgan fingerprint density at radius 3 is 2.32 bits per heavy atom. The van der Waals surface area contributed by atoms with Gasteiger partial charge in [0.05, 0.1) is 22.9 Å². The van der Waals surface area contributed by atoms with E-state index in [2.05, 4.69) is 10.6 Å². The Hall–Kier alpha value is -3.85. The lowest BCUT2D eigenvalue weighted by molar-refractivity contribution is -0.120. The Balaban J connectivity index is 1.47. The van der Waals surface area contributed by atoms with E-state index in [1.807, 2.05) is 6.92 Å². The third-order valence-electron chi connectivity index (χ3n) is 5.39. The number of halogens is 3. The molecular formula is C27H20Cl3N3O5. The average Bonchev–Trinajstić information content (AvgIpc) is 3.12. The Morgan fingerprint density at radius 1 is 0.868 bits per heavy atom. The average molecular weight is 573 g/mol. The zero-order valence-corrected chi connectivity index (χ0v) is 22.2. The highest BCUT2D eigenvalue weighted by atomic mass is 35.5. The van der Waals surface area contributed by atoms with Crippen LogP contribution in [-0.4, -0.2) is 30.3 Å². The molecular weight excluding hydrogens is 553 g/mol. The molecule has 8 nitrogen and oxygen atoms in total. The smallest absolute Gasteiger partial charge is 0.338 e. The third-order valence-corrected chi connectivity index (χ3v) is 6.29. The molecule has 0 atom stereocenters. The van der Waals surface area contributed by atoms with Gasteiger partial charge in [0, 0.05) is 22.0 Å². The second-order valence-electron chi connectivity index (χ2n) is 8.10. The molecule has 194 valence electrons. The minimum absolute atomic E-state index is 0.0990. The largest absolute Gasteiger partial charge is 0.462 e. The number of ether oxygens (including phenoxy) is 1. The Bertz CT molecular complexity index is 1470. The predicted octanol–water partition coefficient (Wildman–Crippen LogP) is 6.25. The summed E-state index contributed by atoms with van der Waals surface area (Å²) in [6.45, 7) is 2.23. The van der Waals surface area contributed by atoms with Crippen molar-refractivity contribution in [2.24, 2.45) is 0 Å². The van der Waals surface area contributed by atoms with Gasteiger partial charge < -0.3 is 15.4 Å². The maximum atomic E-state index is 13.1. The summed E-state index contributed by atoms with van der Waals surface area (Å²) in [6.07, 6.45) is 0.719. The number of esters is 1. The number of nitrogens with zero attached hydrogens (tertiary/aromatic N) is 1. The maximum Gasteiger partial charge on any atom is 0.338 e. The second-order valence-corrected chi connectivity index (χ2v) is 9.33. The molecule has 0 unspecified atom stereocenters. The van der Waals surface area contributed by atoms with Crippen LogP contribution in [-0.2, 0) is 14.3 Å². The van der Waals surface area contributed by atoms with Crippen molar-refractivity contribution >= 4 is 75.6 Å². The van der Waals surface area contributed by atoms with Crippen molar-refractivity contribution in [2.45, 2.75) is 13.3 Å². The Morgan fingerprint density at radius 2 is 1.61 bits per heavy atom. The van der Waals surface area contributed by atoms with Gasteiger partial charge in [-0.25, -0.2) is 9.69 Å². The summed E-state index contributed by atoms with van der Waals surface area (Å²) in [5, 5.41) is 5.66. The van der Waals surface area contributed by atoms with Crippen LogP contribution in [0.2, 0.25) is 10.0 Å². The summed E-state index contributed by atoms with van der Waals surface area (Å²) in [7, 11) is 0. The van der Waals surface area contributed by atoms with Crippen molar-refractivity contribution < 1.29 is 23.9 Å². The first-order chi connectivity index (χ1) is 18.2. The highest BCUT2D eigenvalue weighted by molar-refractivity contribution is 6.54. The van der Waals surface area contributed by atoms with Crippen LogP contribution in [0, 0.1) is 0 Å². The number of hydrogen-bond donors (Lipinski definition) is 2. The van der Waals surface area contributed by atoms with Crippen molar-refractivity contribution in [1.82, 2.24) is 0 Å². The lowest BCUT2D eigenvalue weighted by Gasteiger charge is -2.17. The molecule has 0 fully saturated rings. The van der Waals surface area contributed by atoms with Crippen molar-refractivity contribution in [3.05, 3.63) is 98.6 Å². The standard InChI is InChI=1S/C27H20Cl3N3O5/c1-2-12-38-27(37)15-6-9-18(10-7-15)32-24(34)16-4-3-5-19(13-16)31-23-22(30)25(35)33(26(23)36)21-14-17(28)8-11-20(21)29/h3-11,13-14,31H,2,12H2,1H3,(H,32,34). The first kappa shape index (κ1) is 27.2. The molecule has 3 aromatic rings. The van der Waals surface area contributed by atoms with E-state index in [0.29, 0.717) is 23.5 Å². The lowest BCUT2D eigenvalue weighted by atomic mass is 10.1. The van der Waals surface area contributed by atoms with E-state index in [0.717, 1.165) is 11.3 Å². The molecule has 1 aliphatic heterocycles. The number of carbonyl (C=O) groups is 4. The fourth-order valence-electron chi connectivity index (χ4n) is 3.54. The lowest BCUT2D eigenvalue weighted by Crippen LogP contribution is -2.32. The van der Waals surface area contributed by atoms with Crippen LogP contribution in [0.15, 0.2) is 77.5 Å². The molecule has 4 rings (SSSR count). The quantitative estimate of drug-likeness (QED) is 0.244. The van der Waals surface area contributed by atoms with Gasteiger partial charge in [-0.3, -0.25) is 14.4 Å². The van der Waals surface area contributed by atoms with Crippen LogP contribution in [0.1, 0.15) is 34.1 Å². The van der Waals surface area contributed by atoms with Crippen LogP contribution in [0.4, 0.5) is 17.1 Å². The molecule has 0 saturated carbocycles. The van der Waals surface area contributed by atoms with E-state index in [-0.39, 0.29) is 32.0 Å². The van der Waals surface area contributed by atoms with E-state index < -0.39 is 23.7 Å². The number of amides is 3. The number of benzene rings is 3. The number of imide groups is 1. The molecule has 0 bridgehead atoms. The molecule has 0 spiro atoms. The van der Waals surface area contributed by atoms with Gasteiger partial charge in [0.25, 0.3) is 17.7 Å². The molecule has 2 N–H and O–H groups in total. The van der Waals surface area contributed by atoms with Gasteiger partial charge in [0.1, 0.15) is 10.7 Å². The fraction of sp³-hybridized carbons (Fsp3) is 0.111. The highest BCUT2D eigenvalue weighted by Crippen LogP contribution is 2.35. The fourth-order valence-corrected chi connectivity index (χ4v) is 4.12. The zero-order valence-electron chi connectivity index (χ0n) is 19.9. The van der Waals surface area contributed by atoms with Crippen LogP contribution >= 0.6 is 34.8 Å². The third kappa shape index (κ3) is 5.83. The molecule has 0 aromatic heterocycles. The minimum atomic E-state index is -0.765. The van der Waals surface area contributed by atoms with Gasteiger partial charge in [0.2, 0.25) is 0 Å². The summed E-state index contributed by atoms with van der Waals surface area (Å²) in [5.74, 6) is -2.36. The van der Waals surface area contributed by atoms with Gasteiger partial charge in [-0.15, -0.1) is 0 Å². The van der Waals surface area contributed by atoms with E-state index in [4.69, 9.17) is 39.5 Å². The van der Waals surface area contributed by atoms with E-state index in [1.165, 1.54) is 24.3 Å². The highest BCUT2D eigenvalue weighted by Gasteiger charge is 2.40. The number of anilines is 3. The van der Waals surface area contributed by atoms with Crippen molar-refractivity contribution in [1.29, 1.82) is 0 Å². The predicted molar refractivity (Wildman–Crippen MR) is 147 cm³/mol. The number of nitrogens with one attached hydrogen (secondary N) is 2. The number of hydrogen-bond acceptors (Lipinski definition) is 6. The van der Waals surface area contributed by atoms with Crippen LogP contribution < -0.4 is 15.5 Å². The van der Waals surface area contributed by atoms with Crippen LogP contribution in [0.25, 0.3) is 0 Å². The summed E-state index contributed by atoms with van der Waals surface area (Å²) < 4.78 is 5.09. The summed E-state index contributed by atoms with van der Waals surface area (Å²) in [5.41, 5.74) is 1.39. The Labute approximate surface area is 233 Å². The molecule has 3 amide bonds. The monoisotopic (exact) mass is 571 g/mol. The summed E-state index contributed by atoms with van der Waals surface area (Å²) in [6, 6.07) is 17.0. The van der Waals surface area contributed by atoms with Crippen molar-refractivity contribution in [3.63, 3.8) is 0 Å². The van der Waals surface area contributed by atoms with Crippen LogP contribution in [0.5, 0.6) is 0 Å². The molecule has 0 radical (unpaired) electrons. The number of rotatable bonds is 8. The molecule has 0 aliphatic carbocycles. The molecule has 11 heteroatoms. The Kier molecular flexibility index (Phi) is 8.36. The first-order valence-electron chi connectivity index (χ1n) is 11.4. The zero-order chi connectivity index (χ0) is 27.4. The molecule has 1 heterocycles. The van der Waals surface area contributed by atoms with Crippen molar-refractivity contribution in [3.8, 4) is 0 Å². The topological polar surface area (TPSA) is 105 Å². The summed E-state index contributed by atoms with van der Waals surface area (Å²) >= 11 is 18.4. The van der Waals surface area contributed by atoms with Gasteiger partial charge in [-0.1, -0.05) is 47.8 Å². The van der Waals surface area contributed by atoms with Crippen molar-refractivity contribution in [2.75, 3.05) is 22.1 Å². The summed E-state index contributed by atoms with van der Waals surface area (Å²) in [4.78, 5) is 51.4. The van der Waals surface area contributed by atoms with E-state index in [1.54, 1.807) is 42.5 Å². The number of carbonyl (C=O) groups excluding carboxylic acids is 4. The molecule has 38 heavy (non-hydrogen) atoms. The first-order valence-corrected chi connectivity index (χ1v) is 12.5. The molecule has 3 aromatic carbocycles. The van der Waals surface area contributed by atoms with Gasteiger partial charge >= 0.3 is 5.97 Å². The van der Waals surface area contributed by atoms with Crippen LogP contribution in [0.3, 0.4) is 0 Å². The maximum absolute atomic E-state index is 13.1.